The lowest BCUT2D eigenvalue weighted by molar-refractivity contribution is 0.283. The molecular formula is C20H34O. The third-order valence-corrected chi connectivity index (χ3v) is 5.37. The molecule has 0 bridgehead atoms. The van der Waals surface area contributed by atoms with E-state index in [0.29, 0.717) is 6.61 Å². The highest BCUT2D eigenvalue weighted by Crippen LogP contribution is 2.54. The molecule has 2 saturated carbocycles. The molecule has 0 saturated heterocycles. The summed E-state index contributed by atoms with van der Waals surface area (Å²) in [7, 11) is 0. The Hall–Kier alpha value is -0.480. The van der Waals surface area contributed by atoms with Gasteiger partial charge >= 0.3 is 0 Å². The predicted octanol–water partition coefficient (Wildman–Crippen LogP) is 5.18. The topological polar surface area (TPSA) is 20.2 Å². The molecule has 120 valence electrons. The van der Waals surface area contributed by atoms with Crippen molar-refractivity contribution in [1.82, 2.24) is 0 Å². The van der Waals surface area contributed by atoms with Crippen LogP contribution in [-0.2, 0) is 0 Å². The minimum atomic E-state index is 0.331. The van der Waals surface area contributed by atoms with Crippen LogP contribution in [0.3, 0.4) is 0 Å². The molecule has 0 amide bonds. The molecular weight excluding hydrogens is 256 g/mol. The summed E-state index contributed by atoms with van der Waals surface area (Å²) in [6.45, 7) is 2.63. The minimum absolute atomic E-state index is 0.331. The molecule has 2 rings (SSSR count). The third kappa shape index (κ3) is 6.88. The van der Waals surface area contributed by atoms with Crippen molar-refractivity contribution in [1.29, 1.82) is 0 Å². The van der Waals surface area contributed by atoms with Gasteiger partial charge in [-0.3, -0.25) is 0 Å². The van der Waals surface area contributed by atoms with Crippen LogP contribution in [0.25, 0.3) is 0 Å². The Morgan fingerprint density at radius 2 is 1.67 bits per heavy atom. The molecule has 0 aromatic rings. The van der Waals surface area contributed by atoms with E-state index < -0.39 is 0 Å². The maximum absolute atomic E-state index is 8.70. The van der Waals surface area contributed by atoms with Crippen LogP contribution in [0, 0.1) is 35.5 Å². The van der Waals surface area contributed by atoms with Crippen LogP contribution in [0.1, 0.15) is 84.0 Å². The fraction of sp³-hybridized carbons (Fsp3) is 0.900. The highest BCUT2D eigenvalue weighted by molar-refractivity contribution is 5.05. The zero-order valence-electron chi connectivity index (χ0n) is 13.9. The van der Waals surface area contributed by atoms with Crippen LogP contribution in [-0.4, -0.2) is 11.7 Å². The molecule has 1 heteroatoms. The molecule has 1 N–H and O–H groups in total. The van der Waals surface area contributed by atoms with Gasteiger partial charge in [-0.05, 0) is 55.8 Å². The summed E-state index contributed by atoms with van der Waals surface area (Å²) in [4.78, 5) is 0. The highest BCUT2D eigenvalue weighted by atomic mass is 16.2. The van der Waals surface area contributed by atoms with E-state index in [2.05, 4.69) is 18.8 Å². The average Bonchev–Trinajstić information content (AvgIpc) is 3.39. The quantitative estimate of drug-likeness (QED) is 0.411. The van der Waals surface area contributed by atoms with Crippen molar-refractivity contribution in [2.24, 2.45) is 23.7 Å². The number of rotatable bonds is 11. The van der Waals surface area contributed by atoms with Crippen molar-refractivity contribution in [3.05, 3.63) is 0 Å². The molecule has 0 spiro atoms. The molecule has 21 heavy (non-hydrogen) atoms. The van der Waals surface area contributed by atoms with Crippen LogP contribution in [0.5, 0.6) is 0 Å². The lowest BCUT2D eigenvalue weighted by atomic mass is 10.1. The van der Waals surface area contributed by atoms with E-state index >= 15 is 0 Å². The smallest absolute Gasteiger partial charge is 0.0431 e. The van der Waals surface area contributed by atoms with Gasteiger partial charge in [-0.25, -0.2) is 0 Å². The maximum Gasteiger partial charge on any atom is 0.0431 e. The largest absolute Gasteiger partial charge is 0.396 e. The molecule has 2 aliphatic rings. The summed E-state index contributed by atoms with van der Waals surface area (Å²) in [6, 6.07) is 0. The Labute approximate surface area is 131 Å². The highest BCUT2D eigenvalue weighted by Gasteiger charge is 2.44. The van der Waals surface area contributed by atoms with Crippen molar-refractivity contribution < 1.29 is 5.11 Å². The van der Waals surface area contributed by atoms with Crippen LogP contribution in [0.15, 0.2) is 0 Å². The first-order valence-electron chi connectivity index (χ1n) is 9.41. The van der Waals surface area contributed by atoms with Gasteiger partial charge in [0.25, 0.3) is 0 Å². The Morgan fingerprint density at radius 3 is 2.48 bits per heavy atom. The summed E-state index contributed by atoms with van der Waals surface area (Å²) in [5.41, 5.74) is 0. The number of hydrogen-bond acceptors (Lipinski definition) is 1. The Balaban J connectivity index is 1.43. The van der Waals surface area contributed by atoms with Crippen LogP contribution in [0.4, 0.5) is 0 Å². The minimum Gasteiger partial charge on any atom is -0.396 e. The fourth-order valence-corrected chi connectivity index (χ4v) is 3.64. The van der Waals surface area contributed by atoms with Gasteiger partial charge in [0.2, 0.25) is 0 Å². The predicted molar refractivity (Wildman–Crippen MR) is 89.9 cm³/mol. The molecule has 0 aromatic carbocycles. The summed E-state index contributed by atoms with van der Waals surface area (Å²) in [5, 5.41) is 8.70. The van der Waals surface area contributed by atoms with E-state index in [4.69, 9.17) is 5.11 Å². The summed E-state index contributed by atoms with van der Waals surface area (Å²) in [6.07, 6.45) is 15.7. The Kier molecular flexibility index (Phi) is 7.65. The first-order valence-corrected chi connectivity index (χ1v) is 9.41. The number of hydrogen-bond donors (Lipinski definition) is 1. The molecule has 2 unspecified atom stereocenters. The molecule has 2 fully saturated rings. The standard InChI is InChI=1S/C20H34O/c1-2-3-8-11-17-14-19(17)16-20-15-18(20)12-9-6-4-5-7-10-13-21/h17-21H,2-5,7-8,10-16H2,1H3/t17?,18-,19+,20?/m1/s1. The lowest BCUT2D eigenvalue weighted by Crippen LogP contribution is -1.88. The number of aliphatic hydroxyl groups excluding tert-OH is 1. The van der Waals surface area contributed by atoms with Gasteiger partial charge in [0.15, 0.2) is 0 Å². The normalized spacial score (nSPS) is 29.8. The van der Waals surface area contributed by atoms with E-state index in [1.165, 1.54) is 44.9 Å². The van der Waals surface area contributed by atoms with Crippen molar-refractivity contribution >= 4 is 0 Å². The first-order chi connectivity index (χ1) is 10.3. The fourth-order valence-electron chi connectivity index (χ4n) is 3.64. The second kappa shape index (κ2) is 9.52. The number of aliphatic hydroxyl groups is 1. The molecule has 0 aromatic heterocycles. The van der Waals surface area contributed by atoms with Gasteiger partial charge in [-0.1, -0.05) is 39.0 Å². The second-order valence-corrected chi connectivity index (χ2v) is 7.34. The zero-order chi connectivity index (χ0) is 14.9. The van der Waals surface area contributed by atoms with Gasteiger partial charge in [-0.2, -0.15) is 0 Å². The SMILES string of the molecule is CCCCCC1C[C@H]1CC1C[C@H]1CC#CCCCCCO. The van der Waals surface area contributed by atoms with Gasteiger partial charge in [0.1, 0.15) is 0 Å². The van der Waals surface area contributed by atoms with Crippen molar-refractivity contribution in [2.45, 2.75) is 84.0 Å². The molecule has 0 heterocycles. The summed E-state index contributed by atoms with van der Waals surface area (Å²) >= 11 is 0. The molecule has 4 atom stereocenters. The van der Waals surface area contributed by atoms with Crippen LogP contribution >= 0.6 is 0 Å². The average molecular weight is 290 g/mol. The van der Waals surface area contributed by atoms with Gasteiger partial charge in [0, 0.05) is 19.4 Å². The van der Waals surface area contributed by atoms with E-state index in [-0.39, 0.29) is 0 Å². The van der Waals surface area contributed by atoms with Crippen LogP contribution < -0.4 is 0 Å². The Bertz CT molecular complexity index is 337. The Morgan fingerprint density at radius 1 is 0.857 bits per heavy atom. The van der Waals surface area contributed by atoms with Gasteiger partial charge in [0.05, 0.1) is 0 Å². The van der Waals surface area contributed by atoms with E-state index in [0.717, 1.165) is 55.8 Å². The van der Waals surface area contributed by atoms with Crippen molar-refractivity contribution in [2.75, 3.05) is 6.61 Å². The van der Waals surface area contributed by atoms with E-state index in [1.807, 2.05) is 0 Å². The summed E-state index contributed by atoms with van der Waals surface area (Å²) < 4.78 is 0. The molecule has 1 nitrogen and oxygen atoms in total. The van der Waals surface area contributed by atoms with Crippen molar-refractivity contribution in [3.63, 3.8) is 0 Å². The maximum atomic E-state index is 8.70. The zero-order valence-corrected chi connectivity index (χ0v) is 13.9. The van der Waals surface area contributed by atoms with Crippen molar-refractivity contribution in [3.8, 4) is 11.8 Å². The molecule has 2 aliphatic carbocycles. The molecule has 0 radical (unpaired) electrons. The lowest BCUT2D eigenvalue weighted by Gasteiger charge is -1.99. The first kappa shape index (κ1) is 16.9. The van der Waals surface area contributed by atoms with Crippen LogP contribution in [0.2, 0.25) is 0 Å². The second-order valence-electron chi connectivity index (χ2n) is 7.34. The monoisotopic (exact) mass is 290 g/mol. The van der Waals surface area contributed by atoms with E-state index in [9.17, 15) is 0 Å². The van der Waals surface area contributed by atoms with E-state index in [1.54, 1.807) is 0 Å². The van der Waals surface area contributed by atoms with Gasteiger partial charge in [-0.15, -0.1) is 11.8 Å². The van der Waals surface area contributed by atoms with Gasteiger partial charge < -0.3 is 5.11 Å². The summed E-state index contributed by atoms with van der Waals surface area (Å²) in [5.74, 6) is 10.8. The third-order valence-electron chi connectivity index (χ3n) is 5.37. The molecule has 0 aliphatic heterocycles. The number of unbranched alkanes of at least 4 members (excludes halogenated alkanes) is 5.